The molecular weight excluding hydrogens is 370 g/mol. The molecule has 1 atom stereocenters. The first-order valence-corrected chi connectivity index (χ1v) is 9.76. The molecule has 1 aliphatic rings. The van der Waals surface area contributed by atoms with Gasteiger partial charge in [0.15, 0.2) is 5.82 Å². The molecule has 3 heterocycles. The molecular formula is C21H25N5O3. The van der Waals surface area contributed by atoms with E-state index in [0.717, 1.165) is 5.56 Å². The number of morpholine rings is 1. The number of rotatable bonds is 5. The molecule has 29 heavy (non-hydrogen) atoms. The molecule has 0 aliphatic carbocycles. The van der Waals surface area contributed by atoms with E-state index in [1.807, 2.05) is 11.9 Å². The average Bonchev–Trinajstić information content (AvgIpc) is 3.34. The van der Waals surface area contributed by atoms with Crippen LogP contribution < -0.4 is 0 Å². The Morgan fingerprint density at radius 2 is 2.03 bits per heavy atom. The van der Waals surface area contributed by atoms with Gasteiger partial charge in [-0.3, -0.25) is 9.48 Å². The molecule has 1 saturated heterocycles. The van der Waals surface area contributed by atoms with Gasteiger partial charge in [0, 0.05) is 26.2 Å². The molecule has 8 nitrogen and oxygen atoms in total. The number of carbonyl (C=O) groups excluding carboxylic acids is 1. The van der Waals surface area contributed by atoms with Gasteiger partial charge in [-0.1, -0.05) is 34.5 Å². The van der Waals surface area contributed by atoms with Gasteiger partial charge >= 0.3 is 0 Å². The van der Waals surface area contributed by atoms with E-state index in [0.29, 0.717) is 44.3 Å². The number of hydrogen-bond acceptors (Lipinski definition) is 6. The summed E-state index contributed by atoms with van der Waals surface area (Å²) in [5, 5.41) is 8.23. The summed E-state index contributed by atoms with van der Waals surface area (Å²) in [5.74, 6) is 0.926. The zero-order valence-electron chi connectivity index (χ0n) is 17.0. The fourth-order valence-electron chi connectivity index (χ4n) is 3.74. The van der Waals surface area contributed by atoms with Gasteiger partial charge in [-0.05, 0) is 25.8 Å². The first kappa shape index (κ1) is 19.3. The summed E-state index contributed by atoms with van der Waals surface area (Å²) in [7, 11) is 1.83. The van der Waals surface area contributed by atoms with Crippen LogP contribution in [0.3, 0.4) is 0 Å². The molecule has 4 rings (SSSR count). The second-order valence-corrected chi connectivity index (χ2v) is 7.53. The highest BCUT2D eigenvalue weighted by atomic mass is 16.5. The maximum Gasteiger partial charge on any atom is 0.261 e. The Morgan fingerprint density at radius 1 is 1.24 bits per heavy atom. The zero-order valence-corrected chi connectivity index (χ0v) is 17.0. The third-order valence-electron chi connectivity index (χ3n) is 5.05. The van der Waals surface area contributed by atoms with Crippen LogP contribution in [0.1, 0.15) is 35.0 Å². The molecule has 1 fully saturated rings. The van der Waals surface area contributed by atoms with Crippen LogP contribution in [0.5, 0.6) is 0 Å². The summed E-state index contributed by atoms with van der Waals surface area (Å²) in [6, 6.07) is 6.07. The van der Waals surface area contributed by atoms with Gasteiger partial charge in [-0.2, -0.15) is 10.1 Å². The molecule has 0 radical (unpaired) electrons. The highest BCUT2D eigenvalue weighted by molar-refractivity contribution is 5.77. The summed E-state index contributed by atoms with van der Waals surface area (Å²) >= 11 is 0. The number of carbonyl (C=O) groups is 1. The minimum atomic E-state index is -0.343. The molecule has 1 unspecified atom stereocenters. The van der Waals surface area contributed by atoms with Crippen molar-refractivity contribution in [1.82, 2.24) is 24.8 Å². The van der Waals surface area contributed by atoms with Gasteiger partial charge in [0.2, 0.25) is 5.91 Å². The lowest BCUT2D eigenvalue weighted by Crippen LogP contribution is -2.44. The smallest absolute Gasteiger partial charge is 0.261 e. The number of aryl methyl sites for hydroxylation is 4. The van der Waals surface area contributed by atoms with Crippen LogP contribution in [0.2, 0.25) is 0 Å². The molecule has 1 amide bonds. The lowest BCUT2D eigenvalue weighted by atomic mass is 10.0. The standard InChI is InChI=1S/C21H25N5O3/c1-14-8-15(2)10-16(9-14)4-5-19(27)26-6-7-28-13-18(26)20-23-21(29-24-20)17-11-22-25(3)12-17/h8-12,18H,4-7,13H2,1-3H3. The van der Waals surface area contributed by atoms with Crippen molar-refractivity contribution >= 4 is 5.91 Å². The number of benzene rings is 1. The molecule has 1 aromatic carbocycles. The molecule has 0 N–H and O–H groups in total. The Bertz CT molecular complexity index is 989. The van der Waals surface area contributed by atoms with Crippen molar-refractivity contribution in [2.24, 2.45) is 7.05 Å². The van der Waals surface area contributed by atoms with Crippen molar-refractivity contribution in [3.8, 4) is 11.5 Å². The normalized spacial score (nSPS) is 16.9. The van der Waals surface area contributed by atoms with Crippen molar-refractivity contribution < 1.29 is 14.1 Å². The van der Waals surface area contributed by atoms with E-state index in [9.17, 15) is 4.79 Å². The summed E-state index contributed by atoms with van der Waals surface area (Å²) in [6.07, 6.45) is 4.62. The molecule has 0 bridgehead atoms. The predicted molar refractivity (Wildman–Crippen MR) is 106 cm³/mol. The van der Waals surface area contributed by atoms with Crippen molar-refractivity contribution in [3.05, 3.63) is 53.1 Å². The lowest BCUT2D eigenvalue weighted by molar-refractivity contribution is -0.140. The third kappa shape index (κ3) is 4.37. The maximum atomic E-state index is 13.0. The Labute approximate surface area is 169 Å². The highest BCUT2D eigenvalue weighted by Crippen LogP contribution is 2.26. The molecule has 2 aromatic heterocycles. The summed E-state index contributed by atoms with van der Waals surface area (Å²) in [6.45, 7) is 5.55. The molecule has 0 spiro atoms. The minimum absolute atomic E-state index is 0.0742. The van der Waals surface area contributed by atoms with Crippen LogP contribution in [-0.4, -0.2) is 50.5 Å². The third-order valence-corrected chi connectivity index (χ3v) is 5.05. The number of nitrogens with zero attached hydrogens (tertiary/aromatic N) is 5. The van der Waals surface area contributed by atoms with Crippen LogP contribution in [-0.2, 0) is 23.0 Å². The number of aromatic nitrogens is 4. The molecule has 1 aliphatic heterocycles. The monoisotopic (exact) mass is 395 g/mol. The van der Waals surface area contributed by atoms with E-state index in [1.165, 1.54) is 16.7 Å². The Balaban J connectivity index is 1.47. The molecule has 3 aromatic rings. The van der Waals surface area contributed by atoms with E-state index in [4.69, 9.17) is 9.26 Å². The quantitative estimate of drug-likeness (QED) is 0.660. The van der Waals surface area contributed by atoms with Gasteiger partial charge in [-0.25, -0.2) is 0 Å². The van der Waals surface area contributed by atoms with E-state index >= 15 is 0 Å². The van der Waals surface area contributed by atoms with Crippen molar-refractivity contribution in [1.29, 1.82) is 0 Å². The van der Waals surface area contributed by atoms with Gasteiger partial charge in [0.25, 0.3) is 5.89 Å². The fourth-order valence-corrected chi connectivity index (χ4v) is 3.74. The van der Waals surface area contributed by atoms with Crippen LogP contribution in [0.4, 0.5) is 0 Å². The van der Waals surface area contributed by atoms with Crippen LogP contribution >= 0.6 is 0 Å². The van der Waals surface area contributed by atoms with E-state index in [2.05, 4.69) is 47.3 Å². The zero-order chi connectivity index (χ0) is 20.4. The second kappa shape index (κ2) is 8.16. The molecule has 0 saturated carbocycles. The maximum absolute atomic E-state index is 13.0. The molecule has 152 valence electrons. The van der Waals surface area contributed by atoms with Crippen LogP contribution in [0.25, 0.3) is 11.5 Å². The largest absolute Gasteiger partial charge is 0.377 e. The first-order chi connectivity index (χ1) is 14.0. The Morgan fingerprint density at radius 3 is 2.76 bits per heavy atom. The number of hydrogen-bond donors (Lipinski definition) is 0. The SMILES string of the molecule is Cc1cc(C)cc(CCC(=O)N2CCOCC2c2noc(-c3cnn(C)c3)n2)c1. The van der Waals surface area contributed by atoms with E-state index in [-0.39, 0.29) is 11.9 Å². The average molecular weight is 395 g/mol. The minimum Gasteiger partial charge on any atom is -0.377 e. The molecule has 8 heteroatoms. The second-order valence-electron chi connectivity index (χ2n) is 7.53. The Kier molecular flexibility index (Phi) is 5.44. The fraction of sp³-hybridized carbons (Fsp3) is 0.429. The van der Waals surface area contributed by atoms with Gasteiger partial charge < -0.3 is 14.2 Å². The van der Waals surface area contributed by atoms with Crippen LogP contribution in [0, 0.1) is 13.8 Å². The lowest BCUT2D eigenvalue weighted by Gasteiger charge is -2.33. The summed E-state index contributed by atoms with van der Waals surface area (Å²) in [5.41, 5.74) is 4.35. The highest BCUT2D eigenvalue weighted by Gasteiger charge is 2.32. The van der Waals surface area contributed by atoms with Crippen molar-refractivity contribution in [3.63, 3.8) is 0 Å². The summed E-state index contributed by atoms with van der Waals surface area (Å²) in [4.78, 5) is 19.3. The van der Waals surface area contributed by atoms with Crippen molar-refractivity contribution in [2.45, 2.75) is 32.7 Å². The van der Waals surface area contributed by atoms with Gasteiger partial charge in [-0.15, -0.1) is 0 Å². The summed E-state index contributed by atoms with van der Waals surface area (Å²) < 4.78 is 12.7. The Hall–Kier alpha value is -3.00. The van der Waals surface area contributed by atoms with Crippen molar-refractivity contribution in [2.75, 3.05) is 19.8 Å². The van der Waals surface area contributed by atoms with E-state index in [1.54, 1.807) is 17.1 Å². The van der Waals surface area contributed by atoms with Gasteiger partial charge in [0.05, 0.1) is 25.0 Å². The van der Waals surface area contributed by atoms with Gasteiger partial charge in [0.1, 0.15) is 6.04 Å². The van der Waals surface area contributed by atoms with Crippen LogP contribution in [0.15, 0.2) is 35.1 Å². The predicted octanol–water partition coefficient (Wildman–Crippen LogP) is 2.62. The number of ether oxygens (including phenoxy) is 1. The number of amides is 1. The first-order valence-electron chi connectivity index (χ1n) is 9.76. The van der Waals surface area contributed by atoms with E-state index < -0.39 is 0 Å². The topological polar surface area (TPSA) is 86.3 Å².